The third-order valence-corrected chi connectivity index (χ3v) is 4.06. The maximum atomic E-state index is 12.4. The highest BCUT2D eigenvalue weighted by Crippen LogP contribution is 2.28. The quantitative estimate of drug-likeness (QED) is 0.641. The Morgan fingerprint density at radius 1 is 1.22 bits per heavy atom. The summed E-state index contributed by atoms with van der Waals surface area (Å²) < 4.78 is 11.7. The molecule has 2 heterocycles. The van der Waals surface area contributed by atoms with Gasteiger partial charge in [0.2, 0.25) is 0 Å². The van der Waals surface area contributed by atoms with Crippen molar-refractivity contribution in [1.82, 2.24) is 9.55 Å². The van der Waals surface area contributed by atoms with E-state index in [4.69, 9.17) is 9.15 Å². The van der Waals surface area contributed by atoms with Crippen molar-refractivity contribution in [2.45, 2.75) is 13.5 Å². The molecule has 0 saturated heterocycles. The average Bonchev–Trinajstić information content (AvgIpc) is 3.18. The highest BCUT2D eigenvalue weighted by molar-refractivity contribution is 5.84. The number of carbonyl (C=O) groups excluding carboxylic acids is 1. The summed E-state index contributed by atoms with van der Waals surface area (Å²) in [6.45, 7) is 2.63. The van der Waals surface area contributed by atoms with Crippen LogP contribution in [0.4, 0.5) is 11.5 Å². The van der Waals surface area contributed by atoms with Gasteiger partial charge in [0.15, 0.2) is 6.29 Å². The molecular formula is C19H19N3O5. The first-order chi connectivity index (χ1) is 13.0. The summed E-state index contributed by atoms with van der Waals surface area (Å²) in [6.07, 6.45) is 1.97. The summed E-state index contributed by atoms with van der Waals surface area (Å²) in [5, 5.41) is 0. The Labute approximate surface area is 154 Å². The predicted octanol–water partition coefficient (Wildman–Crippen LogP) is 2.22. The van der Waals surface area contributed by atoms with Crippen LogP contribution in [0, 0.1) is 0 Å². The van der Waals surface area contributed by atoms with E-state index in [2.05, 4.69) is 4.98 Å². The number of hydrogen-bond acceptors (Lipinski definition) is 6. The minimum absolute atomic E-state index is 0.110. The molecule has 3 aromatic rings. The van der Waals surface area contributed by atoms with Crippen molar-refractivity contribution in [2.24, 2.45) is 7.05 Å². The van der Waals surface area contributed by atoms with E-state index < -0.39 is 11.2 Å². The Kier molecular flexibility index (Phi) is 5.25. The molecule has 0 saturated carbocycles. The van der Waals surface area contributed by atoms with Crippen molar-refractivity contribution in [2.75, 3.05) is 11.5 Å². The van der Waals surface area contributed by atoms with Crippen LogP contribution in [-0.2, 0) is 13.6 Å². The smallest absolute Gasteiger partial charge is 0.329 e. The maximum absolute atomic E-state index is 12.4. The molecule has 0 bridgehead atoms. The Morgan fingerprint density at radius 2 is 1.96 bits per heavy atom. The highest BCUT2D eigenvalue weighted by Gasteiger charge is 2.20. The maximum Gasteiger partial charge on any atom is 0.329 e. The monoisotopic (exact) mass is 369 g/mol. The molecule has 8 nitrogen and oxygen atoms in total. The Bertz CT molecular complexity index is 1030. The second-order valence-corrected chi connectivity index (χ2v) is 5.77. The van der Waals surface area contributed by atoms with Gasteiger partial charge in [-0.1, -0.05) is 0 Å². The standard InChI is InChI=1S/C19H19N3O5/c1-3-26-14-8-6-13(7-9-14)22(11-15-5-4-10-27-15)17-16(12-23)18(24)21(2)19(25)20-17/h4-10,12H,3,11H2,1-2H3,(H,20,25). The number of aldehydes is 1. The van der Waals surface area contributed by atoms with Gasteiger partial charge in [-0.05, 0) is 43.3 Å². The number of H-pyrrole nitrogens is 1. The first-order valence-corrected chi connectivity index (χ1v) is 8.36. The van der Waals surface area contributed by atoms with Crippen LogP contribution in [0.25, 0.3) is 0 Å². The summed E-state index contributed by atoms with van der Waals surface area (Å²) in [5.41, 5.74) is -0.769. The molecule has 0 aliphatic heterocycles. The van der Waals surface area contributed by atoms with Gasteiger partial charge in [-0.3, -0.25) is 19.1 Å². The van der Waals surface area contributed by atoms with Gasteiger partial charge in [0.05, 0.1) is 19.4 Å². The number of nitrogens with one attached hydrogen (secondary N) is 1. The zero-order chi connectivity index (χ0) is 19.4. The van der Waals surface area contributed by atoms with E-state index >= 15 is 0 Å². The fourth-order valence-corrected chi connectivity index (χ4v) is 2.69. The van der Waals surface area contributed by atoms with Crippen molar-refractivity contribution in [3.63, 3.8) is 0 Å². The zero-order valence-electron chi connectivity index (χ0n) is 15.0. The lowest BCUT2D eigenvalue weighted by Crippen LogP contribution is -2.37. The average molecular weight is 369 g/mol. The lowest BCUT2D eigenvalue weighted by Gasteiger charge is -2.25. The minimum atomic E-state index is -0.667. The number of nitrogens with zero attached hydrogens (tertiary/aromatic N) is 2. The van der Waals surface area contributed by atoms with Crippen LogP contribution in [0.3, 0.4) is 0 Å². The lowest BCUT2D eigenvalue weighted by atomic mass is 10.2. The molecule has 1 aromatic carbocycles. The van der Waals surface area contributed by atoms with Gasteiger partial charge in [-0.15, -0.1) is 0 Å². The van der Waals surface area contributed by atoms with Gasteiger partial charge in [0.25, 0.3) is 5.56 Å². The summed E-state index contributed by atoms with van der Waals surface area (Å²) in [5.74, 6) is 1.40. The SMILES string of the molecule is CCOc1ccc(N(Cc2ccco2)c2[nH]c(=O)n(C)c(=O)c2C=O)cc1. The van der Waals surface area contributed by atoms with Crippen LogP contribution >= 0.6 is 0 Å². The number of benzene rings is 1. The summed E-state index contributed by atoms with van der Waals surface area (Å²) in [6, 6.07) is 10.6. The number of hydrogen-bond donors (Lipinski definition) is 1. The number of rotatable bonds is 7. The molecule has 2 aromatic heterocycles. The van der Waals surface area contributed by atoms with Gasteiger partial charge in [0.1, 0.15) is 22.9 Å². The van der Waals surface area contributed by atoms with Gasteiger partial charge >= 0.3 is 5.69 Å². The molecule has 1 N–H and O–H groups in total. The second kappa shape index (κ2) is 7.77. The van der Waals surface area contributed by atoms with Gasteiger partial charge in [-0.2, -0.15) is 0 Å². The second-order valence-electron chi connectivity index (χ2n) is 5.77. The normalized spacial score (nSPS) is 10.6. The van der Waals surface area contributed by atoms with Crippen molar-refractivity contribution < 1.29 is 13.9 Å². The third kappa shape index (κ3) is 3.69. The molecule has 140 valence electrons. The van der Waals surface area contributed by atoms with E-state index in [-0.39, 0.29) is 17.9 Å². The number of furan rings is 1. The minimum Gasteiger partial charge on any atom is -0.494 e. The number of carbonyl (C=O) groups is 1. The zero-order valence-corrected chi connectivity index (χ0v) is 15.0. The fraction of sp³-hybridized carbons (Fsp3) is 0.211. The van der Waals surface area contributed by atoms with Gasteiger partial charge < -0.3 is 14.1 Å². The molecule has 0 aliphatic carbocycles. The van der Waals surface area contributed by atoms with Crippen LogP contribution in [0.5, 0.6) is 5.75 Å². The Hall–Kier alpha value is -3.55. The molecule has 0 unspecified atom stereocenters. The lowest BCUT2D eigenvalue weighted by molar-refractivity contribution is 0.112. The largest absolute Gasteiger partial charge is 0.494 e. The number of aromatic nitrogens is 2. The molecule has 0 fully saturated rings. The van der Waals surface area contributed by atoms with Gasteiger partial charge in [-0.25, -0.2) is 4.79 Å². The van der Waals surface area contributed by atoms with E-state index in [0.717, 1.165) is 4.57 Å². The topological polar surface area (TPSA) is 97.5 Å². The first kappa shape index (κ1) is 18.2. The van der Waals surface area contributed by atoms with Crippen LogP contribution < -0.4 is 20.9 Å². The Balaban J connectivity index is 2.14. The predicted molar refractivity (Wildman–Crippen MR) is 99.9 cm³/mol. The fourth-order valence-electron chi connectivity index (χ4n) is 2.69. The molecule has 0 atom stereocenters. The van der Waals surface area contributed by atoms with Crippen LogP contribution in [-0.4, -0.2) is 22.4 Å². The van der Waals surface area contributed by atoms with E-state index in [9.17, 15) is 14.4 Å². The van der Waals surface area contributed by atoms with Crippen LogP contribution in [0.15, 0.2) is 56.7 Å². The number of anilines is 2. The number of aromatic amines is 1. The first-order valence-electron chi connectivity index (χ1n) is 8.36. The molecule has 3 rings (SSSR count). The van der Waals surface area contributed by atoms with E-state index in [0.29, 0.717) is 30.1 Å². The van der Waals surface area contributed by atoms with Gasteiger partial charge in [0, 0.05) is 12.7 Å². The molecular weight excluding hydrogens is 350 g/mol. The van der Waals surface area contributed by atoms with E-state index in [1.165, 1.54) is 13.3 Å². The molecule has 8 heteroatoms. The van der Waals surface area contributed by atoms with E-state index in [1.54, 1.807) is 41.3 Å². The number of ether oxygens (including phenoxy) is 1. The van der Waals surface area contributed by atoms with Crippen molar-refractivity contribution in [3.05, 3.63) is 74.8 Å². The molecule has 0 radical (unpaired) electrons. The van der Waals surface area contributed by atoms with Crippen molar-refractivity contribution in [3.8, 4) is 5.75 Å². The molecule has 0 spiro atoms. The molecule has 27 heavy (non-hydrogen) atoms. The summed E-state index contributed by atoms with van der Waals surface area (Å²) >= 11 is 0. The van der Waals surface area contributed by atoms with Crippen molar-refractivity contribution in [1.29, 1.82) is 0 Å². The highest BCUT2D eigenvalue weighted by atomic mass is 16.5. The summed E-state index contributed by atoms with van der Waals surface area (Å²) in [7, 11) is 1.31. The molecule has 0 amide bonds. The summed E-state index contributed by atoms with van der Waals surface area (Å²) in [4.78, 5) is 40.3. The van der Waals surface area contributed by atoms with E-state index in [1.807, 2.05) is 6.92 Å². The Morgan fingerprint density at radius 3 is 2.56 bits per heavy atom. The molecule has 0 aliphatic rings. The van der Waals surface area contributed by atoms with Crippen LogP contribution in [0.2, 0.25) is 0 Å². The van der Waals surface area contributed by atoms with Crippen molar-refractivity contribution >= 4 is 17.8 Å². The van der Waals surface area contributed by atoms with Crippen LogP contribution in [0.1, 0.15) is 23.0 Å². The third-order valence-electron chi connectivity index (χ3n) is 4.06.